The maximum atomic E-state index is 12.2. The molecule has 1 aliphatic rings. The van der Waals surface area contributed by atoms with E-state index in [-0.39, 0.29) is 5.91 Å². The van der Waals surface area contributed by atoms with E-state index in [2.05, 4.69) is 18.8 Å². The molecule has 2 nitrogen and oxygen atoms in total. The van der Waals surface area contributed by atoms with Gasteiger partial charge in [0.1, 0.15) is 0 Å². The van der Waals surface area contributed by atoms with Crippen molar-refractivity contribution in [3.8, 4) is 0 Å². The Morgan fingerprint density at radius 3 is 2.68 bits per heavy atom. The van der Waals surface area contributed by atoms with Crippen molar-refractivity contribution in [2.45, 2.75) is 51.5 Å². The van der Waals surface area contributed by atoms with Crippen LogP contribution in [0, 0.1) is 0 Å². The van der Waals surface area contributed by atoms with E-state index >= 15 is 0 Å². The molecule has 1 saturated carbocycles. The molecule has 0 heterocycles. The quantitative estimate of drug-likeness (QED) is 0.842. The lowest BCUT2D eigenvalue weighted by molar-refractivity contribution is 0.0938. The van der Waals surface area contributed by atoms with Gasteiger partial charge in [-0.05, 0) is 42.5 Å². The summed E-state index contributed by atoms with van der Waals surface area (Å²) in [5.74, 6) is 0.0537. The number of carbonyl (C=O) groups is 1. The first kappa shape index (κ1) is 13.9. The summed E-state index contributed by atoms with van der Waals surface area (Å²) in [4.78, 5) is 12.2. The summed E-state index contributed by atoms with van der Waals surface area (Å²) in [6.07, 6.45) is 6.77. The molecule has 102 valence electrons. The van der Waals surface area contributed by atoms with Crippen LogP contribution in [0.25, 0.3) is 5.57 Å². The molecule has 0 atom stereocenters. The largest absolute Gasteiger partial charge is 0.349 e. The highest BCUT2D eigenvalue weighted by molar-refractivity contribution is 5.95. The van der Waals surface area contributed by atoms with Crippen LogP contribution in [-0.2, 0) is 0 Å². The van der Waals surface area contributed by atoms with Gasteiger partial charge >= 0.3 is 0 Å². The number of hydrogen-bond donors (Lipinski definition) is 1. The van der Waals surface area contributed by atoms with Gasteiger partial charge in [-0.2, -0.15) is 0 Å². The topological polar surface area (TPSA) is 29.1 Å². The molecule has 0 unspecified atom stereocenters. The van der Waals surface area contributed by atoms with Gasteiger partial charge in [0.2, 0.25) is 0 Å². The van der Waals surface area contributed by atoms with Crippen LogP contribution in [0.1, 0.15) is 61.4 Å². The molecule has 1 aromatic rings. The molecule has 0 bridgehead atoms. The van der Waals surface area contributed by atoms with Crippen molar-refractivity contribution in [2.24, 2.45) is 0 Å². The molecular weight excluding hydrogens is 234 g/mol. The first-order valence-corrected chi connectivity index (χ1v) is 7.29. The summed E-state index contributed by atoms with van der Waals surface area (Å²) in [5, 5.41) is 3.12. The van der Waals surface area contributed by atoms with Crippen LogP contribution in [0.5, 0.6) is 0 Å². The van der Waals surface area contributed by atoms with Crippen LogP contribution in [0.2, 0.25) is 0 Å². The Morgan fingerprint density at radius 2 is 2.00 bits per heavy atom. The lowest BCUT2D eigenvalue weighted by atomic mass is 10.0. The zero-order valence-electron chi connectivity index (χ0n) is 11.7. The average Bonchev–Trinajstić information content (AvgIpc) is 2.92. The standard InChI is InChI=1S/C17H23NO/c1-3-7-13(2)14-8-6-9-15(12-14)17(19)18-16-10-4-5-11-16/h6,8-9,12,16H,2-5,7,10-11H2,1H3,(H,18,19). The normalized spacial score (nSPS) is 15.4. The van der Waals surface area contributed by atoms with Crippen LogP contribution in [0.3, 0.4) is 0 Å². The van der Waals surface area contributed by atoms with E-state index in [9.17, 15) is 4.79 Å². The SMILES string of the molecule is C=C(CCC)c1cccc(C(=O)NC2CCCC2)c1. The van der Waals surface area contributed by atoms with Crippen molar-refractivity contribution < 1.29 is 4.79 Å². The summed E-state index contributed by atoms with van der Waals surface area (Å²) in [6.45, 7) is 6.23. The van der Waals surface area contributed by atoms with Gasteiger partial charge in [-0.3, -0.25) is 4.79 Å². The van der Waals surface area contributed by atoms with Crippen molar-refractivity contribution in [2.75, 3.05) is 0 Å². The monoisotopic (exact) mass is 257 g/mol. The second-order valence-corrected chi connectivity index (χ2v) is 5.39. The first-order chi connectivity index (χ1) is 9.20. The summed E-state index contributed by atoms with van der Waals surface area (Å²) in [6, 6.07) is 8.19. The summed E-state index contributed by atoms with van der Waals surface area (Å²) >= 11 is 0. The maximum Gasteiger partial charge on any atom is 0.251 e. The number of hydrogen-bond acceptors (Lipinski definition) is 1. The molecule has 0 saturated heterocycles. The van der Waals surface area contributed by atoms with E-state index in [0.29, 0.717) is 6.04 Å². The number of amides is 1. The fourth-order valence-corrected chi connectivity index (χ4v) is 2.67. The first-order valence-electron chi connectivity index (χ1n) is 7.29. The number of nitrogens with one attached hydrogen (secondary N) is 1. The number of rotatable bonds is 5. The molecule has 1 fully saturated rings. The van der Waals surface area contributed by atoms with Gasteiger partial charge in [0, 0.05) is 11.6 Å². The maximum absolute atomic E-state index is 12.2. The third-order valence-electron chi connectivity index (χ3n) is 3.78. The van der Waals surface area contributed by atoms with Gasteiger partial charge in [0.05, 0.1) is 0 Å². The van der Waals surface area contributed by atoms with Gasteiger partial charge in [0.25, 0.3) is 5.91 Å². The highest BCUT2D eigenvalue weighted by Gasteiger charge is 2.18. The number of benzene rings is 1. The molecule has 1 aromatic carbocycles. The van der Waals surface area contributed by atoms with E-state index in [1.54, 1.807) is 0 Å². The highest BCUT2D eigenvalue weighted by Crippen LogP contribution is 2.20. The van der Waals surface area contributed by atoms with Gasteiger partial charge < -0.3 is 5.32 Å². The average molecular weight is 257 g/mol. The van der Waals surface area contributed by atoms with Crippen LogP contribution in [0.4, 0.5) is 0 Å². The van der Waals surface area contributed by atoms with Crippen LogP contribution >= 0.6 is 0 Å². The Bertz CT molecular complexity index is 458. The van der Waals surface area contributed by atoms with Crippen molar-refractivity contribution in [3.63, 3.8) is 0 Å². The molecule has 0 spiro atoms. The molecule has 19 heavy (non-hydrogen) atoms. The molecule has 0 aliphatic heterocycles. The van der Waals surface area contributed by atoms with Gasteiger partial charge in [-0.25, -0.2) is 0 Å². The van der Waals surface area contributed by atoms with Gasteiger partial charge in [-0.15, -0.1) is 0 Å². The molecule has 0 radical (unpaired) electrons. The van der Waals surface area contributed by atoms with Crippen LogP contribution in [-0.4, -0.2) is 11.9 Å². The van der Waals surface area contributed by atoms with E-state index < -0.39 is 0 Å². The van der Waals surface area contributed by atoms with Gasteiger partial charge in [0.15, 0.2) is 0 Å². The van der Waals surface area contributed by atoms with Crippen molar-refractivity contribution in [1.82, 2.24) is 5.32 Å². The highest BCUT2D eigenvalue weighted by atomic mass is 16.1. The summed E-state index contributed by atoms with van der Waals surface area (Å²) in [5.41, 5.74) is 2.94. The molecule has 2 heteroatoms. The summed E-state index contributed by atoms with van der Waals surface area (Å²) < 4.78 is 0. The molecule has 1 amide bonds. The third kappa shape index (κ3) is 3.69. The van der Waals surface area contributed by atoms with Crippen LogP contribution in [0.15, 0.2) is 30.8 Å². The van der Waals surface area contributed by atoms with E-state index in [1.165, 1.54) is 12.8 Å². The second-order valence-electron chi connectivity index (χ2n) is 5.39. The minimum Gasteiger partial charge on any atom is -0.349 e. The van der Waals surface area contributed by atoms with Crippen LogP contribution < -0.4 is 5.32 Å². The van der Waals surface area contributed by atoms with Gasteiger partial charge in [-0.1, -0.05) is 44.9 Å². The predicted molar refractivity (Wildman–Crippen MR) is 80.1 cm³/mol. The van der Waals surface area contributed by atoms with Crippen molar-refractivity contribution in [3.05, 3.63) is 42.0 Å². The Kier molecular flexibility index (Phi) is 4.78. The molecule has 2 rings (SSSR count). The second kappa shape index (κ2) is 6.55. The Balaban J connectivity index is 2.04. The fourth-order valence-electron chi connectivity index (χ4n) is 2.67. The molecule has 1 aliphatic carbocycles. The smallest absolute Gasteiger partial charge is 0.251 e. The van der Waals surface area contributed by atoms with E-state index in [1.807, 2.05) is 24.3 Å². The van der Waals surface area contributed by atoms with Crippen molar-refractivity contribution in [1.29, 1.82) is 0 Å². The zero-order chi connectivity index (χ0) is 13.7. The van der Waals surface area contributed by atoms with E-state index in [4.69, 9.17) is 0 Å². The molecular formula is C17H23NO. The Hall–Kier alpha value is -1.57. The lowest BCUT2D eigenvalue weighted by Crippen LogP contribution is -2.32. The van der Waals surface area contributed by atoms with Crippen molar-refractivity contribution >= 4 is 11.5 Å². The third-order valence-corrected chi connectivity index (χ3v) is 3.78. The van der Waals surface area contributed by atoms with E-state index in [0.717, 1.165) is 42.4 Å². The Labute approximate surface area is 115 Å². The minimum absolute atomic E-state index is 0.0537. The fraction of sp³-hybridized carbons (Fsp3) is 0.471. The zero-order valence-corrected chi connectivity index (χ0v) is 11.7. The minimum atomic E-state index is 0.0537. The molecule has 1 N–H and O–H groups in total. The Morgan fingerprint density at radius 1 is 1.32 bits per heavy atom. The predicted octanol–water partition coefficient (Wildman–Crippen LogP) is 4.17. The molecule has 0 aromatic heterocycles. The lowest BCUT2D eigenvalue weighted by Gasteiger charge is -2.13. The summed E-state index contributed by atoms with van der Waals surface area (Å²) in [7, 11) is 0. The number of carbonyl (C=O) groups excluding carboxylic acids is 1. The number of allylic oxidation sites excluding steroid dienone is 1.